The molecule has 70 valence electrons. The zero-order valence-corrected chi connectivity index (χ0v) is 8.41. The number of hydrogen-bond donors (Lipinski definition) is 2. The number of hydrogen-bond acceptors (Lipinski definition) is 2. The van der Waals surface area contributed by atoms with Gasteiger partial charge in [0.05, 0.1) is 5.69 Å². The first-order valence-electron chi connectivity index (χ1n) is 3.56. The first kappa shape index (κ1) is 10.2. The zero-order chi connectivity index (χ0) is 9.84. The second kappa shape index (κ2) is 4.35. The number of carbonyl (C=O) groups excluding carboxylic acids is 1. The van der Waals surface area contributed by atoms with Gasteiger partial charge in [-0.25, -0.2) is 0 Å². The molecule has 0 heterocycles. The van der Waals surface area contributed by atoms with Crippen molar-refractivity contribution in [3.8, 4) is 0 Å². The fourth-order valence-corrected chi connectivity index (χ4v) is 1.31. The molecule has 0 atom stereocenters. The van der Waals surface area contributed by atoms with Crippen molar-refractivity contribution in [3.63, 3.8) is 0 Å². The Hall–Kier alpha value is -0.930. The molecule has 1 amide bonds. The maximum absolute atomic E-state index is 10.5. The third-order valence-electron chi connectivity index (χ3n) is 1.25. The van der Waals surface area contributed by atoms with Gasteiger partial charge in [0.2, 0.25) is 5.91 Å². The summed E-state index contributed by atoms with van der Waals surface area (Å²) in [5, 5.41) is 1.03. The first-order chi connectivity index (χ1) is 6.08. The van der Waals surface area contributed by atoms with Gasteiger partial charge in [-0.1, -0.05) is 23.2 Å². The van der Waals surface area contributed by atoms with Crippen LogP contribution in [0, 0.1) is 0 Å². The number of rotatable bonds is 2. The van der Waals surface area contributed by atoms with Crippen molar-refractivity contribution in [2.75, 3.05) is 5.43 Å². The number of benzene rings is 1. The van der Waals surface area contributed by atoms with Crippen LogP contribution in [0.1, 0.15) is 6.92 Å². The van der Waals surface area contributed by atoms with Crippen LogP contribution in [0.15, 0.2) is 18.2 Å². The molecule has 0 saturated heterocycles. The van der Waals surface area contributed by atoms with Crippen molar-refractivity contribution in [2.45, 2.75) is 6.92 Å². The average Bonchev–Trinajstić information content (AvgIpc) is 1.99. The molecule has 1 aromatic rings. The summed E-state index contributed by atoms with van der Waals surface area (Å²) < 4.78 is 0. The fraction of sp³-hybridized carbons (Fsp3) is 0.125. The Kier molecular flexibility index (Phi) is 3.39. The molecule has 1 rings (SSSR count). The van der Waals surface area contributed by atoms with E-state index in [1.807, 2.05) is 0 Å². The molecule has 0 spiro atoms. The summed E-state index contributed by atoms with van der Waals surface area (Å²) in [5.74, 6) is -0.184. The Morgan fingerprint density at radius 1 is 1.23 bits per heavy atom. The highest BCUT2D eigenvalue weighted by molar-refractivity contribution is 6.35. The molecule has 13 heavy (non-hydrogen) atoms. The van der Waals surface area contributed by atoms with E-state index in [1.54, 1.807) is 18.2 Å². The minimum absolute atomic E-state index is 0.184. The predicted octanol–water partition coefficient (Wildman–Crippen LogP) is 2.46. The third-order valence-corrected chi connectivity index (χ3v) is 1.68. The molecule has 0 aromatic heterocycles. The number of carbonyl (C=O) groups is 1. The van der Waals surface area contributed by atoms with Crippen LogP contribution in [-0.4, -0.2) is 5.91 Å². The van der Waals surface area contributed by atoms with Crippen LogP contribution in [0.2, 0.25) is 10.0 Å². The highest BCUT2D eigenvalue weighted by atomic mass is 35.5. The van der Waals surface area contributed by atoms with Gasteiger partial charge in [-0.05, 0) is 18.2 Å². The van der Waals surface area contributed by atoms with Gasteiger partial charge in [-0.2, -0.15) is 0 Å². The molecule has 0 fully saturated rings. The molecule has 0 unspecified atom stereocenters. The normalized spacial score (nSPS) is 9.46. The summed E-state index contributed by atoms with van der Waals surface area (Å²) >= 11 is 11.5. The topological polar surface area (TPSA) is 41.1 Å². The van der Waals surface area contributed by atoms with Crippen LogP contribution in [0.4, 0.5) is 5.69 Å². The molecule has 0 aliphatic carbocycles. The van der Waals surface area contributed by atoms with Crippen LogP contribution in [0.3, 0.4) is 0 Å². The Morgan fingerprint density at radius 3 is 2.23 bits per heavy atom. The average molecular weight is 219 g/mol. The highest BCUT2D eigenvalue weighted by Gasteiger charge is 1.97. The minimum Gasteiger partial charge on any atom is -0.299 e. The van der Waals surface area contributed by atoms with Gasteiger partial charge in [0, 0.05) is 17.0 Å². The predicted molar refractivity (Wildman–Crippen MR) is 53.9 cm³/mol. The Morgan fingerprint density at radius 2 is 1.77 bits per heavy atom. The molecule has 5 heteroatoms. The van der Waals surface area contributed by atoms with E-state index in [9.17, 15) is 4.79 Å². The van der Waals surface area contributed by atoms with Gasteiger partial charge < -0.3 is 0 Å². The van der Waals surface area contributed by atoms with Crippen molar-refractivity contribution in [2.24, 2.45) is 0 Å². The quantitative estimate of drug-likeness (QED) is 0.750. The first-order valence-corrected chi connectivity index (χ1v) is 4.32. The van der Waals surface area contributed by atoms with E-state index in [1.165, 1.54) is 6.92 Å². The lowest BCUT2D eigenvalue weighted by molar-refractivity contribution is -0.118. The Labute approximate surface area is 86.0 Å². The summed E-state index contributed by atoms with van der Waals surface area (Å²) in [5.41, 5.74) is 5.71. The van der Waals surface area contributed by atoms with Crippen LogP contribution in [0.25, 0.3) is 0 Å². The molecular weight excluding hydrogens is 211 g/mol. The lowest BCUT2D eigenvalue weighted by atomic mass is 10.3. The van der Waals surface area contributed by atoms with Gasteiger partial charge >= 0.3 is 0 Å². The fourth-order valence-electron chi connectivity index (χ4n) is 0.786. The van der Waals surface area contributed by atoms with E-state index in [0.717, 1.165) is 0 Å². The van der Waals surface area contributed by atoms with E-state index in [4.69, 9.17) is 23.2 Å². The number of nitrogens with one attached hydrogen (secondary N) is 2. The monoisotopic (exact) mass is 218 g/mol. The highest BCUT2D eigenvalue weighted by Crippen LogP contribution is 2.21. The number of halogens is 2. The van der Waals surface area contributed by atoms with Crippen LogP contribution in [0.5, 0.6) is 0 Å². The lowest BCUT2D eigenvalue weighted by Gasteiger charge is -2.06. The van der Waals surface area contributed by atoms with Crippen LogP contribution < -0.4 is 10.9 Å². The number of hydrazine groups is 1. The molecule has 0 aliphatic rings. The van der Waals surface area contributed by atoms with Gasteiger partial charge in [0.15, 0.2) is 0 Å². The van der Waals surface area contributed by atoms with Crippen LogP contribution in [-0.2, 0) is 4.79 Å². The second-order valence-corrected chi connectivity index (χ2v) is 3.34. The van der Waals surface area contributed by atoms with Gasteiger partial charge in [-0.3, -0.25) is 15.6 Å². The summed E-state index contributed by atoms with van der Waals surface area (Å²) in [4.78, 5) is 10.5. The molecular formula is C8H8Cl2N2O. The maximum atomic E-state index is 10.5. The molecule has 0 bridgehead atoms. The molecule has 0 aliphatic heterocycles. The van der Waals surface area contributed by atoms with Gasteiger partial charge in [0.25, 0.3) is 0 Å². The largest absolute Gasteiger partial charge is 0.299 e. The standard InChI is InChI=1S/C8H8Cl2N2O/c1-5(13)11-12-8-3-6(9)2-7(10)4-8/h2-4,12H,1H3,(H,11,13). The summed E-state index contributed by atoms with van der Waals surface area (Å²) in [6, 6.07) is 4.93. The molecule has 0 saturated carbocycles. The SMILES string of the molecule is CC(=O)NNc1cc(Cl)cc(Cl)c1. The lowest BCUT2D eigenvalue weighted by Crippen LogP contribution is -2.26. The maximum Gasteiger partial charge on any atom is 0.235 e. The van der Waals surface area contributed by atoms with Gasteiger partial charge in [-0.15, -0.1) is 0 Å². The summed E-state index contributed by atoms with van der Waals surface area (Å²) in [7, 11) is 0. The Bertz CT molecular complexity index is 308. The van der Waals surface area contributed by atoms with Crippen molar-refractivity contribution in [3.05, 3.63) is 28.2 Å². The third kappa shape index (κ3) is 3.53. The summed E-state index contributed by atoms with van der Waals surface area (Å²) in [6.07, 6.45) is 0. The number of anilines is 1. The zero-order valence-electron chi connectivity index (χ0n) is 6.90. The number of amides is 1. The second-order valence-electron chi connectivity index (χ2n) is 2.46. The smallest absolute Gasteiger partial charge is 0.235 e. The van der Waals surface area contributed by atoms with E-state index >= 15 is 0 Å². The summed E-state index contributed by atoms with van der Waals surface area (Å²) in [6.45, 7) is 1.40. The minimum atomic E-state index is -0.184. The van der Waals surface area contributed by atoms with E-state index < -0.39 is 0 Å². The van der Waals surface area contributed by atoms with Gasteiger partial charge in [0.1, 0.15) is 0 Å². The van der Waals surface area contributed by atoms with E-state index in [2.05, 4.69) is 10.9 Å². The van der Waals surface area contributed by atoms with Crippen molar-refractivity contribution in [1.29, 1.82) is 0 Å². The molecule has 2 N–H and O–H groups in total. The van der Waals surface area contributed by atoms with Crippen molar-refractivity contribution < 1.29 is 4.79 Å². The van der Waals surface area contributed by atoms with Crippen molar-refractivity contribution in [1.82, 2.24) is 5.43 Å². The molecule has 3 nitrogen and oxygen atoms in total. The van der Waals surface area contributed by atoms with Crippen LogP contribution >= 0.6 is 23.2 Å². The van der Waals surface area contributed by atoms with E-state index in [0.29, 0.717) is 15.7 Å². The van der Waals surface area contributed by atoms with E-state index in [-0.39, 0.29) is 5.91 Å². The Balaban J connectivity index is 2.71. The van der Waals surface area contributed by atoms with Crippen molar-refractivity contribution >= 4 is 34.8 Å². The molecule has 0 radical (unpaired) electrons. The molecule has 1 aromatic carbocycles.